The maximum atomic E-state index is 2.99. The molecule has 0 fully saturated rings. The maximum absolute atomic E-state index is 2.99. The van der Waals surface area contributed by atoms with Crippen LogP contribution in [0.2, 0.25) is 0 Å². The van der Waals surface area contributed by atoms with Gasteiger partial charge in [-0.3, -0.25) is 6.08 Å². The number of rotatable bonds is 2. The van der Waals surface area contributed by atoms with Crippen LogP contribution in [0.25, 0.3) is 43.8 Å². The summed E-state index contributed by atoms with van der Waals surface area (Å²) in [7, 11) is 0. The average Bonchev–Trinajstić information content (AvgIpc) is 3.89. The first-order valence-electron chi connectivity index (χ1n) is 18.5. The summed E-state index contributed by atoms with van der Waals surface area (Å²) in [5.74, 6) is 0. The molecule has 0 N–H and O–H groups in total. The summed E-state index contributed by atoms with van der Waals surface area (Å²) in [6.07, 6.45) is 10.0. The van der Waals surface area contributed by atoms with Gasteiger partial charge in [0.05, 0.1) is 0 Å². The van der Waals surface area contributed by atoms with Gasteiger partial charge in [0, 0.05) is 0 Å². The summed E-state index contributed by atoms with van der Waals surface area (Å²) in [5, 5.41) is 5.49. The molecule has 0 nitrogen and oxygen atoms in total. The van der Waals surface area contributed by atoms with Gasteiger partial charge in [-0.05, 0) is 33.1 Å². The standard InChI is InChI=1S/C21H25.2C12H10.C5H5.C2H4.2ClH.Zr/c1-20(2,3)16-9-7-14-11-15-8-10-17(21(4,5)6)13-19(15)18(14)12-16;2*1-3-7-11(8-4-1)12-9-5-2-6-10-12;1-2-4-5-3-1;1-2;;;/h7-13H,1-6H3;2*1-10H;1-3H,4H2;1H,2H3;2*1H;/q-1;;;-1;;;;+2/p-2. The summed E-state index contributed by atoms with van der Waals surface area (Å²) < 4.78 is 2.09. The number of allylic oxidation sites excluding steroid dienone is 4. The van der Waals surface area contributed by atoms with Crippen LogP contribution in [-0.4, -0.2) is 3.71 Å². The van der Waals surface area contributed by atoms with Gasteiger partial charge in [-0.1, -0.05) is 198 Å². The first-order valence-corrected chi connectivity index (χ1v) is 19.9. The number of benzene rings is 6. The van der Waals surface area contributed by atoms with Gasteiger partial charge < -0.3 is 24.8 Å². The molecule has 0 amide bonds. The molecule has 7 aromatic rings. The molecule has 0 bridgehead atoms. The van der Waals surface area contributed by atoms with Crippen molar-refractivity contribution in [3.8, 4) is 22.3 Å². The van der Waals surface area contributed by atoms with Crippen molar-refractivity contribution >= 4 is 25.3 Å². The monoisotopic (exact) mass is 838 g/mol. The summed E-state index contributed by atoms with van der Waals surface area (Å²) in [6, 6.07) is 57.7. The van der Waals surface area contributed by atoms with Crippen molar-refractivity contribution in [3.05, 3.63) is 199 Å². The van der Waals surface area contributed by atoms with E-state index >= 15 is 0 Å². The van der Waals surface area contributed by atoms with Crippen molar-refractivity contribution < 1.29 is 49.0 Å². The van der Waals surface area contributed by atoms with Crippen LogP contribution < -0.4 is 24.8 Å². The Morgan fingerprint density at radius 3 is 1.04 bits per heavy atom. The first-order chi connectivity index (χ1) is 25.5. The van der Waals surface area contributed by atoms with E-state index in [4.69, 9.17) is 0 Å². The first kappa shape index (κ1) is 47.2. The Morgan fingerprint density at radius 1 is 0.509 bits per heavy atom. The molecule has 55 heavy (non-hydrogen) atoms. The van der Waals surface area contributed by atoms with Gasteiger partial charge in [0.25, 0.3) is 0 Å². The molecule has 282 valence electrons. The zero-order valence-electron chi connectivity index (χ0n) is 33.4. The molecule has 0 heterocycles. The number of hydrogen-bond donors (Lipinski definition) is 0. The van der Waals surface area contributed by atoms with Crippen LogP contribution in [0.1, 0.15) is 66.0 Å². The van der Waals surface area contributed by atoms with Crippen molar-refractivity contribution in [2.75, 3.05) is 0 Å². The normalized spacial score (nSPS) is 11.1. The average molecular weight is 841 g/mol. The Hall–Kier alpha value is -4.00. The van der Waals surface area contributed by atoms with Crippen molar-refractivity contribution in [1.29, 1.82) is 0 Å². The van der Waals surface area contributed by atoms with E-state index in [2.05, 4.69) is 197 Å². The Kier molecular flexibility index (Phi) is 20.4. The predicted octanol–water partition coefficient (Wildman–Crippen LogP) is 8.68. The number of hydrogen-bond acceptors (Lipinski definition) is 0. The van der Waals surface area contributed by atoms with Gasteiger partial charge in [0.2, 0.25) is 0 Å². The molecule has 0 saturated carbocycles. The minimum atomic E-state index is 0. The third-order valence-electron chi connectivity index (χ3n) is 8.79. The zero-order valence-corrected chi connectivity index (χ0v) is 37.3. The minimum absolute atomic E-state index is 0. The number of halogens is 2. The topological polar surface area (TPSA) is 0 Å². The van der Waals surface area contributed by atoms with E-state index in [-0.39, 0.29) is 35.6 Å². The molecule has 0 saturated heterocycles. The SMILES string of the molecule is CC(C)(C)c1ccc2[cH-]c3ccc(C(C)(C)C)cc3c2c1.C[CH]=[Zr+2].[C-]1=CC=CC1.[Cl-].[Cl-].c1ccc(-c2ccccc2)cc1.c1ccc(-c2ccccc2)cc1. The van der Waals surface area contributed by atoms with Crippen LogP contribution in [0.3, 0.4) is 0 Å². The maximum Gasteiger partial charge on any atom is -0.0184 e. The fourth-order valence-corrected chi connectivity index (χ4v) is 5.79. The van der Waals surface area contributed by atoms with E-state index < -0.39 is 0 Å². The Morgan fingerprint density at radius 2 is 0.818 bits per heavy atom. The summed E-state index contributed by atoms with van der Waals surface area (Å²) in [6.45, 7) is 15.7. The molecule has 0 radical (unpaired) electrons. The largest absolute Gasteiger partial charge is 1.00 e. The second-order valence-corrected chi connectivity index (χ2v) is 16.4. The minimum Gasteiger partial charge on any atom is -1.00 e. The molecular weight excluding hydrogens is 787 g/mol. The second-order valence-electron chi connectivity index (χ2n) is 15.0. The van der Waals surface area contributed by atoms with Crippen molar-refractivity contribution in [1.82, 2.24) is 0 Å². The Labute approximate surface area is 358 Å². The smallest absolute Gasteiger partial charge is 0.0184 e. The van der Waals surface area contributed by atoms with Crippen LogP contribution in [0.4, 0.5) is 0 Å². The van der Waals surface area contributed by atoms with E-state index in [9.17, 15) is 0 Å². The Balaban J connectivity index is 0.000000265. The van der Waals surface area contributed by atoms with Gasteiger partial charge in [0.1, 0.15) is 0 Å². The molecule has 1 aliphatic carbocycles. The fourth-order valence-electron chi connectivity index (χ4n) is 5.79. The van der Waals surface area contributed by atoms with Crippen LogP contribution in [0, 0.1) is 6.08 Å². The summed E-state index contributed by atoms with van der Waals surface area (Å²) in [5.41, 5.74) is 8.30. The zero-order chi connectivity index (χ0) is 38.1. The van der Waals surface area contributed by atoms with Gasteiger partial charge in [-0.15, -0.1) is 46.2 Å². The van der Waals surface area contributed by atoms with Crippen LogP contribution >= 0.6 is 0 Å². The molecule has 0 spiro atoms. The van der Waals surface area contributed by atoms with Crippen molar-refractivity contribution in [2.45, 2.75) is 65.7 Å². The van der Waals surface area contributed by atoms with Gasteiger partial charge in [-0.25, -0.2) is 12.2 Å². The van der Waals surface area contributed by atoms with E-state index in [0.717, 1.165) is 6.42 Å². The van der Waals surface area contributed by atoms with Crippen LogP contribution in [0.5, 0.6) is 0 Å². The molecule has 8 rings (SSSR count). The van der Waals surface area contributed by atoms with Gasteiger partial charge in [0.15, 0.2) is 0 Å². The third kappa shape index (κ3) is 15.2. The molecule has 0 aliphatic heterocycles. The molecule has 1 aliphatic rings. The van der Waals surface area contributed by atoms with Crippen LogP contribution in [0.15, 0.2) is 182 Å². The third-order valence-corrected chi connectivity index (χ3v) is 8.79. The van der Waals surface area contributed by atoms with E-state index in [0.29, 0.717) is 0 Å². The van der Waals surface area contributed by atoms with E-state index in [1.165, 1.54) is 79.2 Å². The van der Waals surface area contributed by atoms with Crippen LogP contribution in [-0.2, 0) is 35.1 Å². The van der Waals surface area contributed by atoms with Gasteiger partial charge in [-0.2, -0.15) is 6.08 Å². The summed E-state index contributed by atoms with van der Waals surface area (Å²) >= 11 is 1.51. The molecule has 7 aromatic carbocycles. The predicted molar refractivity (Wildman–Crippen MR) is 232 cm³/mol. The van der Waals surface area contributed by atoms with E-state index in [1.807, 2.05) is 43.3 Å². The van der Waals surface area contributed by atoms with Gasteiger partial charge >= 0.3 is 34.9 Å². The molecule has 0 aromatic heterocycles. The van der Waals surface area contributed by atoms with Crippen molar-refractivity contribution in [2.24, 2.45) is 0 Å². The Bertz CT molecular complexity index is 1940. The fraction of sp³-hybridized carbons (Fsp3) is 0.192. The molecular formula is C52H54Cl2Zr-2. The molecule has 0 atom stereocenters. The van der Waals surface area contributed by atoms with Crippen molar-refractivity contribution in [3.63, 3.8) is 0 Å². The second kappa shape index (κ2) is 23.8. The number of fused-ring (bicyclic) bond motifs is 3. The molecule has 3 heteroatoms. The summed E-state index contributed by atoms with van der Waals surface area (Å²) in [4.78, 5) is 0. The molecule has 0 unspecified atom stereocenters. The van der Waals surface area contributed by atoms with E-state index in [1.54, 1.807) is 0 Å². The quantitative estimate of drug-likeness (QED) is 0.153.